The number of carbonyl (C=O) groups excluding carboxylic acids is 2. The fourth-order valence-corrected chi connectivity index (χ4v) is 2.67. The first-order valence-corrected chi connectivity index (χ1v) is 7.63. The molecule has 1 amide bonds. The summed E-state index contributed by atoms with van der Waals surface area (Å²) in [6, 6.07) is 13.1. The number of aryl methyl sites for hydroxylation is 1. The fraction of sp³-hybridized carbons (Fsp3) is 0.105. The maximum Gasteiger partial charge on any atom is 0.267 e. The molecule has 0 unspecified atom stereocenters. The van der Waals surface area contributed by atoms with Crippen LogP contribution >= 0.6 is 0 Å². The summed E-state index contributed by atoms with van der Waals surface area (Å²) in [5, 5.41) is 13.4. The summed E-state index contributed by atoms with van der Waals surface area (Å²) in [4.78, 5) is 36.3. The first-order chi connectivity index (χ1) is 11.9. The van der Waals surface area contributed by atoms with Crippen LogP contribution in [0.5, 0.6) is 5.75 Å². The van der Waals surface area contributed by atoms with Gasteiger partial charge in [0.2, 0.25) is 0 Å². The standard InChI is InChI=1S/C19H16N2O4/c1-11(22)12-7-9-13(10-8-12)20-18(24)16-17(23)14-5-3-4-6-15(14)21(2)19(16)25/h3-10,23H,1-2H3,(H,20,24). The van der Waals surface area contributed by atoms with Crippen molar-refractivity contribution in [1.82, 2.24) is 4.57 Å². The van der Waals surface area contributed by atoms with Crippen molar-refractivity contribution in [3.63, 3.8) is 0 Å². The van der Waals surface area contributed by atoms with Crippen molar-refractivity contribution in [2.75, 3.05) is 5.32 Å². The highest BCUT2D eigenvalue weighted by atomic mass is 16.3. The van der Waals surface area contributed by atoms with Crippen LogP contribution in [-0.2, 0) is 7.05 Å². The number of pyridine rings is 1. The van der Waals surface area contributed by atoms with Gasteiger partial charge in [-0.2, -0.15) is 0 Å². The number of fused-ring (bicyclic) bond motifs is 1. The molecule has 0 spiro atoms. The third kappa shape index (κ3) is 2.89. The van der Waals surface area contributed by atoms with E-state index in [0.717, 1.165) is 0 Å². The number of anilines is 1. The molecular weight excluding hydrogens is 320 g/mol. The molecule has 25 heavy (non-hydrogen) atoms. The number of benzene rings is 2. The molecule has 2 aromatic carbocycles. The van der Waals surface area contributed by atoms with Crippen molar-refractivity contribution >= 4 is 28.3 Å². The SMILES string of the molecule is CC(=O)c1ccc(NC(=O)c2c(O)c3ccccc3n(C)c2=O)cc1. The Kier molecular flexibility index (Phi) is 4.10. The molecule has 0 saturated heterocycles. The molecule has 6 nitrogen and oxygen atoms in total. The van der Waals surface area contributed by atoms with Gasteiger partial charge in [0, 0.05) is 23.7 Å². The van der Waals surface area contributed by atoms with Crippen LogP contribution in [0.2, 0.25) is 0 Å². The lowest BCUT2D eigenvalue weighted by Gasteiger charge is -2.12. The van der Waals surface area contributed by atoms with E-state index in [4.69, 9.17) is 0 Å². The fourth-order valence-electron chi connectivity index (χ4n) is 2.67. The van der Waals surface area contributed by atoms with Crippen LogP contribution in [-0.4, -0.2) is 21.4 Å². The van der Waals surface area contributed by atoms with E-state index in [9.17, 15) is 19.5 Å². The number of carbonyl (C=O) groups is 2. The van der Waals surface area contributed by atoms with Crippen LogP contribution in [0.25, 0.3) is 10.9 Å². The van der Waals surface area contributed by atoms with E-state index in [1.165, 1.54) is 11.5 Å². The molecule has 3 rings (SSSR count). The average molecular weight is 336 g/mol. The Morgan fingerprint density at radius 3 is 2.32 bits per heavy atom. The maximum absolute atomic E-state index is 12.5. The monoisotopic (exact) mass is 336 g/mol. The van der Waals surface area contributed by atoms with Crippen molar-refractivity contribution in [2.45, 2.75) is 6.92 Å². The number of hydrogen-bond donors (Lipinski definition) is 2. The molecule has 1 aromatic heterocycles. The van der Waals surface area contributed by atoms with Gasteiger partial charge in [-0.1, -0.05) is 12.1 Å². The van der Waals surface area contributed by atoms with Gasteiger partial charge >= 0.3 is 0 Å². The number of hydrogen-bond acceptors (Lipinski definition) is 4. The maximum atomic E-state index is 12.5. The highest BCUT2D eigenvalue weighted by molar-refractivity contribution is 6.09. The third-order valence-electron chi connectivity index (χ3n) is 4.05. The van der Waals surface area contributed by atoms with Crippen molar-refractivity contribution in [3.05, 3.63) is 70.0 Å². The van der Waals surface area contributed by atoms with E-state index in [1.54, 1.807) is 55.6 Å². The Hall–Kier alpha value is -3.41. The molecule has 0 aliphatic rings. The summed E-state index contributed by atoms with van der Waals surface area (Å²) in [7, 11) is 1.54. The number of nitrogens with zero attached hydrogens (tertiary/aromatic N) is 1. The van der Waals surface area contributed by atoms with Crippen molar-refractivity contribution in [3.8, 4) is 5.75 Å². The average Bonchev–Trinajstić information content (AvgIpc) is 2.60. The zero-order valence-corrected chi connectivity index (χ0v) is 13.7. The Morgan fingerprint density at radius 2 is 1.68 bits per heavy atom. The number of rotatable bonds is 3. The van der Waals surface area contributed by atoms with Crippen molar-refractivity contribution < 1.29 is 14.7 Å². The van der Waals surface area contributed by atoms with Crippen LogP contribution in [0.15, 0.2) is 53.3 Å². The second kappa shape index (κ2) is 6.24. The number of amides is 1. The topological polar surface area (TPSA) is 88.4 Å². The van der Waals surface area contributed by atoms with Gasteiger partial charge in [0.1, 0.15) is 11.3 Å². The molecule has 0 aliphatic carbocycles. The minimum Gasteiger partial charge on any atom is -0.506 e. The van der Waals surface area contributed by atoms with E-state index >= 15 is 0 Å². The first kappa shape index (κ1) is 16.4. The van der Waals surface area contributed by atoms with E-state index < -0.39 is 11.5 Å². The number of aromatic nitrogens is 1. The third-order valence-corrected chi connectivity index (χ3v) is 4.05. The second-order valence-electron chi connectivity index (χ2n) is 5.69. The van der Waals surface area contributed by atoms with Gasteiger partial charge in [-0.25, -0.2) is 0 Å². The van der Waals surface area contributed by atoms with Crippen molar-refractivity contribution in [2.24, 2.45) is 7.05 Å². The summed E-state index contributed by atoms with van der Waals surface area (Å²) in [5.41, 5.74) is 0.560. The largest absolute Gasteiger partial charge is 0.506 e. The Labute approximate surface area is 143 Å². The molecule has 0 saturated carbocycles. The highest BCUT2D eigenvalue weighted by Crippen LogP contribution is 2.26. The van der Waals surface area contributed by atoms with Gasteiger partial charge in [0.25, 0.3) is 11.5 Å². The molecule has 6 heteroatoms. The summed E-state index contributed by atoms with van der Waals surface area (Å²) in [6.07, 6.45) is 0. The number of nitrogens with one attached hydrogen (secondary N) is 1. The Balaban J connectivity index is 2.03. The minimum absolute atomic E-state index is 0.0843. The lowest BCUT2D eigenvalue weighted by atomic mass is 10.1. The normalized spacial score (nSPS) is 10.6. The molecule has 1 heterocycles. The minimum atomic E-state index is -0.709. The summed E-state index contributed by atoms with van der Waals surface area (Å²) < 4.78 is 1.32. The predicted molar refractivity (Wildman–Crippen MR) is 95.3 cm³/mol. The van der Waals surface area contributed by atoms with E-state index in [1.807, 2.05) is 0 Å². The smallest absolute Gasteiger partial charge is 0.267 e. The summed E-state index contributed by atoms with van der Waals surface area (Å²) in [6.45, 7) is 1.45. The first-order valence-electron chi connectivity index (χ1n) is 7.63. The summed E-state index contributed by atoms with van der Waals surface area (Å²) >= 11 is 0. The quantitative estimate of drug-likeness (QED) is 0.720. The van der Waals surface area contributed by atoms with Gasteiger partial charge in [-0.3, -0.25) is 14.4 Å². The highest BCUT2D eigenvalue weighted by Gasteiger charge is 2.21. The number of ketones is 1. The molecular formula is C19H16N2O4. The molecule has 0 aliphatic heterocycles. The molecule has 3 aromatic rings. The number of para-hydroxylation sites is 1. The van der Waals surface area contributed by atoms with Crippen LogP contribution < -0.4 is 10.9 Å². The molecule has 2 N–H and O–H groups in total. The lowest BCUT2D eigenvalue weighted by molar-refractivity contribution is 0.101. The van der Waals surface area contributed by atoms with Gasteiger partial charge < -0.3 is 15.0 Å². The van der Waals surface area contributed by atoms with E-state index in [2.05, 4.69) is 5.32 Å². The Morgan fingerprint density at radius 1 is 1.04 bits per heavy atom. The molecule has 126 valence electrons. The lowest BCUT2D eigenvalue weighted by Crippen LogP contribution is -2.28. The number of Topliss-reactive ketones (excluding diaryl/α,β-unsaturated/α-hetero) is 1. The zero-order valence-electron chi connectivity index (χ0n) is 13.7. The predicted octanol–water partition coefficient (Wildman–Crippen LogP) is 2.70. The van der Waals surface area contributed by atoms with Gasteiger partial charge in [-0.15, -0.1) is 0 Å². The molecule has 0 radical (unpaired) electrons. The van der Waals surface area contributed by atoms with Gasteiger partial charge in [0.15, 0.2) is 5.78 Å². The molecule has 0 atom stereocenters. The number of aromatic hydroxyl groups is 1. The van der Waals surface area contributed by atoms with Gasteiger partial charge in [-0.05, 0) is 43.3 Å². The van der Waals surface area contributed by atoms with E-state index in [0.29, 0.717) is 22.2 Å². The van der Waals surface area contributed by atoms with Crippen LogP contribution in [0, 0.1) is 0 Å². The second-order valence-corrected chi connectivity index (χ2v) is 5.69. The Bertz CT molecular complexity index is 1050. The van der Waals surface area contributed by atoms with Crippen LogP contribution in [0.4, 0.5) is 5.69 Å². The van der Waals surface area contributed by atoms with E-state index in [-0.39, 0.29) is 17.1 Å². The zero-order chi connectivity index (χ0) is 18.1. The van der Waals surface area contributed by atoms with Crippen molar-refractivity contribution in [1.29, 1.82) is 0 Å². The molecule has 0 bridgehead atoms. The van der Waals surface area contributed by atoms with Crippen LogP contribution in [0.1, 0.15) is 27.6 Å². The van der Waals surface area contributed by atoms with Gasteiger partial charge in [0.05, 0.1) is 5.52 Å². The molecule has 0 fully saturated rings. The van der Waals surface area contributed by atoms with Crippen LogP contribution in [0.3, 0.4) is 0 Å². The summed E-state index contributed by atoms with van der Waals surface area (Å²) in [5.74, 6) is -1.14.